The molecule has 0 spiro atoms. The number of benzene rings is 2. The molecule has 2 aromatic rings. The summed E-state index contributed by atoms with van der Waals surface area (Å²) in [6, 6.07) is 19.2. The van der Waals surface area contributed by atoms with Gasteiger partial charge in [-0.3, -0.25) is 0 Å². The molecule has 30 heavy (non-hydrogen) atoms. The Morgan fingerprint density at radius 1 is 1.10 bits per heavy atom. The average Bonchev–Trinajstić information content (AvgIpc) is 3.24. The van der Waals surface area contributed by atoms with Crippen LogP contribution in [0.15, 0.2) is 60.7 Å². The molecule has 2 aromatic carbocycles. The van der Waals surface area contributed by atoms with E-state index in [9.17, 15) is 9.59 Å². The number of esters is 1. The Balaban J connectivity index is 1.92. The van der Waals surface area contributed by atoms with Crippen molar-refractivity contribution < 1.29 is 14.3 Å². The number of amides is 1. The first kappa shape index (κ1) is 22.9. The molecule has 0 N–H and O–H groups in total. The maximum absolute atomic E-state index is 13.9. The average molecular weight is 601 g/mol. The van der Waals surface area contributed by atoms with Crippen LogP contribution in [-0.4, -0.2) is 86.8 Å². The second kappa shape index (κ2) is 11.0. The molecule has 1 fully saturated rings. The molecule has 157 valence electrons. The minimum absolute atomic E-state index is 0.0402. The number of hydrogen-bond acceptors (Lipinski definition) is 4. The van der Waals surface area contributed by atoms with Crippen molar-refractivity contribution in [3.63, 3.8) is 0 Å². The zero-order valence-corrected chi connectivity index (χ0v) is 21.5. The van der Waals surface area contributed by atoms with Gasteiger partial charge in [-0.1, -0.05) is 12.1 Å². The van der Waals surface area contributed by atoms with E-state index in [0.29, 0.717) is 13.0 Å². The molecule has 1 aliphatic heterocycles. The summed E-state index contributed by atoms with van der Waals surface area (Å²) in [5.74, 6) is -0.811. The fraction of sp³-hybridized carbons (Fsp3) is 0.417. The van der Waals surface area contributed by atoms with Crippen molar-refractivity contribution in [3.05, 3.63) is 71.8 Å². The molecule has 2 unspecified atom stereocenters. The van der Waals surface area contributed by atoms with Gasteiger partial charge >= 0.3 is 183 Å². The topological polar surface area (TPSA) is 49.9 Å². The van der Waals surface area contributed by atoms with Gasteiger partial charge in [-0.2, -0.15) is 0 Å². The molecule has 0 aromatic heterocycles. The van der Waals surface area contributed by atoms with Crippen molar-refractivity contribution in [2.24, 2.45) is 0 Å². The van der Waals surface area contributed by atoms with Gasteiger partial charge in [-0.15, -0.1) is 0 Å². The molecule has 5 nitrogen and oxygen atoms in total. The van der Waals surface area contributed by atoms with E-state index in [1.54, 1.807) is 4.90 Å². The van der Waals surface area contributed by atoms with Crippen LogP contribution in [0.5, 0.6) is 0 Å². The summed E-state index contributed by atoms with van der Waals surface area (Å²) >= 11 is 1.20. The first-order chi connectivity index (χ1) is 14.6. The molecule has 6 heteroatoms. The third kappa shape index (κ3) is 5.29. The molecular weight excluding hydrogens is 571 g/mol. The Bertz CT molecular complexity index is 791. The molecule has 3 radical (unpaired) electrons. The Morgan fingerprint density at radius 2 is 1.67 bits per heavy atom. The zero-order chi connectivity index (χ0) is 21.5. The molecule has 1 heterocycles. The SMILES string of the molecule is COC(=O)C1CC(N(C)CC[CH2][Pb])CN1C(=O)C(c1ccccc1)c1ccccc1. The second-order valence-corrected chi connectivity index (χ2v) is 9.70. The van der Waals surface area contributed by atoms with Crippen LogP contribution in [-0.2, 0) is 14.3 Å². The van der Waals surface area contributed by atoms with Crippen LogP contribution < -0.4 is 0 Å². The van der Waals surface area contributed by atoms with E-state index >= 15 is 0 Å². The van der Waals surface area contributed by atoms with Crippen LogP contribution in [0.2, 0.25) is 3.98 Å². The van der Waals surface area contributed by atoms with Gasteiger partial charge in [0, 0.05) is 0 Å². The van der Waals surface area contributed by atoms with Crippen LogP contribution in [0.1, 0.15) is 29.9 Å². The molecular formula is C24H29N2O3Pb. The second-order valence-electron chi connectivity index (χ2n) is 7.76. The van der Waals surface area contributed by atoms with E-state index < -0.39 is 12.0 Å². The maximum atomic E-state index is 13.9. The Morgan fingerprint density at radius 3 is 2.17 bits per heavy atom. The number of carbonyl (C=O) groups is 2. The molecule has 0 bridgehead atoms. The van der Waals surface area contributed by atoms with Gasteiger partial charge in [0.2, 0.25) is 0 Å². The van der Waals surface area contributed by atoms with Gasteiger partial charge < -0.3 is 0 Å². The van der Waals surface area contributed by atoms with Gasteiger partial charge in [0.1, 0.15) is 0 Å². The van der Waals surface area contributed by atoms with Crippen LogP contribution in [0.25, 0.3) is 0 Å². The predicted octanol–water partition coefficient (Wildman–Crippen LogP) is 2.87. The quantitative estimate of drug-likeness (QED) is 0.346. The van der Waals surface area contributed by atoms with Gasteiger partial charge in [0.15, 0.2) is 0 Å². The van der Waals surface area contributed by atoms with Gasteiger partial charge in [-0.05, 0) is 0 Å². The van der Waals surface area contributed by atoms with E-state index in [0.717, 1.165) is 24.1 Å². The number of rotatable bonds is 8. The molecule has 0 saturated carbocycles. The molecule has 2 atom stereocenters. The van der Waals surface area contributed by atoms with E-state index in [1.165, 1.54) is 36.9 Å². The summed E-state index contributed by atoms with van der Waals surface area (Å²) in [6.07, 6.45) is 1.78. The van der Waals surface area contributed by atoms with Crippen molar-refractivity contribution in [2.75, 3.05) is 27.2 Å². The van der Waals surface area contributed by atoms with Gasteiger partial charge in [0.25, 0.3) is 0 Å². The molecule has 1 aliphatic rings. The fourth-order valence-corrected chi connectivity index (χ4v) is 4.80. The van der Waals surface area contributed by atoms with Crippen LogP contribution in [0.4, 0.5) is 0 Å². The number of likely N-dealkylation sites (tertiary alicyclic amines) is 1. The van der Waals surface area contributed by atoms with Crippen molar-refractivity contribution in [1.29, 1.82) is 0 Å². The van der Waals surface area contributed by atoms with E-state index in [1.807, 2.05) is 60.7 Å². The summed E-state index contributed by atoms with van der Waals surface area (Å²) in [7, 11) is 3.49. The Labute approximate surface area is 195 Å². The van der Waals surface area contributed by atoms with Crippen molar-refractivity contribution >= 4 is 37.6 Å². The standard InChI is InChI=1S/C24H29N2O3.Pb/c1-4-15-25(2)20-16-21(24(28)29-3)26(17-20)23(27)22(18-11-7-5-8-12-18)19-13-9-6-10-14-19;/h5-14,20-22H,1,4,15-17H2,2-3H3;. The summed E-state index contributed by atoms with van der Waals surface area (Å²) in [4.78, 5) is 30.5. The van der Waals surface area contributed by atoms with Crippen LogP contribution >= 0.6 is 0 Å². The molecule has 3 rings (SSSR count). The fourth-order valence-electron chi connectivity index (χ4n) is 4.18. The Hall–Kier alpha value is -1.74. The number of hydrogen-bond donors (Lipinski definition) is 0. The van der Waals surface area contributed by atoms with Crippen molar-refractivity contribution in [1.82, 2.24) is 9.80 Å². The summed E-state index contributed by atoms with van der Waals surface area (Å²) in [5.41, 5.74) is 1.87. The van der Waals surface area contributed by atoms with Gasteiger partial charge in [-0.25, -0.2) is 0 Å². The Kier molecular flexibility index (Phi) is 8.44. The first-order valence-corrected chi connectivity index (χ1v) is 13.1. The summed E-state index contributed by atoms with van der Waals surface area (Å²) in [6.45, 7) is 1.54. The number of carbonyl (C=O) groups excluding carboxylic acids is 2. The molecule has 0 aliphatic carbocycles. The normalized spacial score (nSPS) is 18.8. The third-order valence-corrected chi connectivity index (χ3v) is 7.23. The minimum atomic E-state index is -0.541. The number of likely N-dealkylation sites (N-methyl/N-ethyl adjacent to an activating group) is 1. The first-order valence-electron chi connectivity index (χ1n) is 10.4. The summed E-state index contributed by atoms with van der Waals surface area (Å²) < 4.78 is 6.32. The summed E-state index contributed by atoms with van der Waals surface area (Å²) in [5, 5.41) is 0. The molecule has 1 amide bonds. The van der Waals surface area contributed by atoms with Crippen molar-refractivity contribution in [3.8, 4) is 0 Å². The number of nitrogens with zero attached hydrogens (tertiary/aromatic N) is 2. The number of methoxy groups -OCH3 is 1. The number of ether oxygens (including phenoxy) is 1. The van der Waals surface area contributed by atoms with E-state index in [2.05, 4.69) is 11.9 Å². The van der Waals surface area contributed by atoms with Crippen molar-refractivity contribution in [2.45, 2.75) is 34.8 Å². The van der Waals surface area contributed by atoms with Crippen LogP contribution in [0.3, 0.4) is 0 Å². The van der Waals surface area contributed by atoms with E-state index in [4.69, 9.17) is 4.74 Å². The third-order valence-electron chi connectivity index (χ3n) is 5.86. The van der Waals surface area contributed by atoms with E-state index in [-0.39, 0.29) is 17.9 Å². The predicted molar refractivity (Wildman–Crippen MR) is 118 cm³/mol. The van der Waals surface area contributed by atoms with Crippen LogP contribution in [0, 0.1) is 0 Å². The van der Waals surface area contributed by atoms with Gasteiger partial charge in [0.05, 0.1) is 0 Å². The molecule has 1 saturated heterocycles. The zero-order valence-electron chi connectivity index (χ0n) is 17.7. The monoisotopic (exact) mass is 601 g/mol.